The van der Waals surface area contributed by atoms with Crippen LogP contribution in [0.1, 0.15) is 28.3 Å². The Labute approximate surface area is 198 Å². The minimum absolute atomic E-state index is 0.278. The average molecular weight is 454 g/mol. The maximum absolute atomic E-state index is 13.4. The molecule has 0 aliphatic carbocycles. The zero-order valence-electron chi connectivity index (χ0n) is 18.8. The lowest BCUT2D eigenvalue weighted by molar-refractivity contribution is -0.138. The molecule has 1 aliphatic rings. The first kappa shape index (κ1) is 21.9. The molecule has 1 aliphatic heterocycles. The van der Waals surface area contributed by atoms with Gasteiger partial charge in [0.25, 0.3) is 0 Å². The fourth-order valence-corrected chi connectivity index (χ4v) is 4.83. The van der Waals surface area contributed by atoms with Crippen LogP contribution in [0.25, 0.3) is 10.9 Å². The van der Waals surface area contributed by atoms with Crippen molar-refractivity contribution in [3.63, 3.8) is 0 Å². The Hall–Kier alpha value is -3.90. The van der Waals surface area contributed by atoms with Crippen LogP contribution >= 0.6 is 0 Å². The molecule has 5 rings (SSSR count). The molecule has 4 aromatic rings. The summed E-state index contributed by atoms with van der Waals surface area (Å²) in [7, 11) is 0. The molecule has 0 bridgehead atoms. The fourth-order valence-electron chi connectivity index (χ4n) is 4.83. The Morgan fingerprint density at radius 3 is 2.18 bits per heavy atom. The van der Waals surface area contributed by atoms with Gasteiger partial charge in [-0.25, -0.2) is 0 Å². The second-order valence-corrected chi connectivity index (χ2v) is 8.64. The van der Waals surface area contributed by atoms with Gasteiger partial charge in [-0.1, -0.05) is 78.9 Å². The first-order chi connectivity index (χ1) is 16.7. The van der Waals surface area contributed by atoms with Gasteiger partial charge in [0.05, 0.1) is 19.1 Å². The third-order valence-corrected chi connectivity index (χ3v) is 6.52. The van der Waals surface area contributed by atoms with Crippen molar-refractivity contribution in [1.29, 1.82) is 0 Å². The van der Waals surface area contributed by atoms with Gasteiger partial charge in [-0.15, -0.1) is 0 Å². The van der Waals surface area contributed by atoms with E-state index in [0.29, 0.717) is 13.1 Å². The van der Waals surface area contributed by atoms with E-state index in [1.54, 1.807) is 4.90 Å². The molecule has 0 fully saturated rings. The van der Waals surface area contributed by atoms with Crippen molar-refractivity contribution in [2.24, 2.45) is 0 Å². The van der Waals surface area contributed by atoms with Crippen LogP contribution < -0.4 is 5.32 Å². The van der Waals surface area contributed by atoms with Crippen molar-refractivity contribution in [1.82, 2.24) is 15.2 Å². The standard InChI is InChI=1S/C28H27N3O3/c32-18-25(28(34)31-16-15-22-21-13-7-8-14-23(21)29-24(22)17-31)30-27(33)26(19-9-3-1-4-10-19)20-11-5-2-6-12-20/h1-14,25-26,29,32H,15-18H2,(H,30,33). The molecule has 1 unspecified atom stereocenters. The number of para-hydroxylation sites is 1. The summed E-state index contributed by atoms with van der Waals surface area (Å²) in [4.78, 5) is 31.9. The van der Waals surface area contributed by atoms with E-state index in [4.69, 9.17) is 0 Å². The third-order valence-electron chi connectivity index (χ3n) is 6.52. The maximum Gasteiger partial charge on any atom is 0.247 e. The van der Waals surface area contributed by atoms with Crippen LogP contribution in [0.2, 0.25) is 0 Å². The number of hydrogen-bond acceptors (Lipinski definition) is 3. The van der Waals surface area contributed by atoms with Crippen molar-refractivity contribution in [2.45, 2.75) is 24.9 Å². The third kappa shape index (κ3) is 4.20. The second-order valence-electron chi connectivity index (χ2n) is 8.64. The molecule has 3 N–H and O–H groups in total. The molecule has 2 amide bonds. The van der Waals surface area contributed by atoms with E-state index in [1.165, 1.54) is 10.9 Å². The van der Waals surface area contributed by atoms with Crippen molar-refractivity contribution in [3.8, 4) is 0 Å². The summed E-state index contributed by atoms with van der Waals surface area (Å²) in [6.45, 7) is 0.508. The average Bonchev–Trinajstić information content (AvgIpc) is 3.26. The molecular weight excluding hydrogens is 426 g/mol. The number of carbonyl (C=O) groups excluding carboxylic acids is 2. The lowest BCUT2D eigenvalue weighted by Gasteiger charge is -2.31. The van der Waals surface area contributed by atoms with E-state index in [2.05, 4.69) is 16.4 Å². The van der Waals surface area contributed by atoms with Gasteiger partial charge in [0.1, 0.15) is 6.04 Å². The van der Waals surface area contributed by atoms with E-state index in [9.17, 15) is 14.7 Å². The topological polar surface area (TPSA) is 85.4 Å². The summed E-state index contributed by atoms with van der Waals surface area (Å²) >= 11 is 0. The Morgan fingerprint density at radius 1 is 0.912 bits per heavy atom. The molecule has 6 nitrogen and oxygen atoms in total. The van der Waals surface area contributed by atoms with E-state index in [-0.39, 0.29) is 11.8 Å². The number of aliphatic hydroxyl groups is 1. The molecule has 172 valence electrons. The number of aromatic nitrogens is 1. The van der Waals surface area contributed by atoms with Gasteiger partial charge in [0, 0.05) is 23.1 Å². The smallest absolute Gasteiger partial charge is 0.247 e. The molecule has 6 heteroatoms. The van der Waals surface area contributed by atoms with E-state index in [0.717, 1.165) is 28.8 Å². The summed E-state index contributed by atoms with van der Waals surface area (Å²) in [5.74, 6) is -1.17. The second kappa shape index (κ2) is 9.53. The highest BCUT2D eigenvalue weighted by molar-refractivity contribution is 5.93. The quantitative estimate of drug-likeness (QED) is 0.419. The molecule has 1 atom stereocenters. The largest absolute Gasteiger partial charge is 0.394 e. The summed E-state index contributed by atoms with van der Waals surface area (Å²) < 4.78 is 0. The zero-order valence-corrected chi connectivity index (χ0v) is 18.8. The maximum atomic E-state index is 13.4. The highest BCUT2D eigenvalue weighted by Gasteiger charge is 2.32. The zero-order chi connectivity index (χ0) is 23.5. The highest BCUT2D eigenvalue weighted by atomic mass is 16.3. The Bertz CT molecular complexity index is 1260. The first-order valence-corrected chi connectivity index (χ1v) is 11.5. The van der Waals surface area contributed by atoms with Gasteiger partial charge in [-0.2, -0.15) is 0 Å². The number of nitrogens with zero attached hydrogens (tertiary/aromatic N) is 1. The molecular formula is C28H27N3O3. The van der Waals surface area contributed by atoms with Crippen molar-refractivity contribution in [2.75, 3.05) is 13.2 Å². The molecule has 1 aromatic heterocycles. The molecule has 2 heterocycles. The predicted octanol–water partition coefficient (Wildman–Crippen LogP) is 3.36. The van der Waals surface area contributed by atoms with Gasteiger partial charge < -0.3 is 20.3 Å². The number of benzene rings is 3. The van der Waals surface area contributed by atoms with Crippen LogP contribution in [0.4, 0.5) is 0 Å². The fraction of sp³-hybridized carbons (Fsp3) is 0.214. The molecule has 34 heavy (non-hydrogen) atoms. The van der Waals surface area contributed by atoms with Crippen LogP contribution in [0.15, 0.2) is 84.9 Å². The van der Waals surface area contributed by atoms with Gasteiger partial charge in [-0.05, 0) is 29.2 Å². The predicted molar refractivity (Wildman–Crippen MR) is 131 cm³/mol. The number of carbonyl (C=O) groups is 2. The van der Waals surface area contributed by atoms with Crippen LogP contribution in [-0.2, 0) is 22.6 Å². The minimum atomic E-state index is -1.01. The molecule has 0 radical (unpaired) electrons. The van der Waals surface area contributed by atoms with Crippen LogP contribution in [0.3, 0.4) is 0 Å². The first-order valence-electron chi connectivity index (χ1n) is 11.5. The van der Waals surface area contributed by atoms with Crippen LogP contribution in [-0.4, -0.2) is 46.0 Å². The molecule has 3 aromatic carbocycles. The number of H-pyrrole nitrogens is 1. The molecule has 0 saturated carbocycles. The number of aliphatic hydroxyl groups excluding tert-OH is 1. The normalized spacial score (nSPS) is 14.1. The van der Waals surface area contributed by atoms with Crippen molar-refractivity contribution < 1.29 is 14.7 Å². The summed E-state index contributed by atoms with van der Waals surface area (Å²) in [5, 5.41) is 14.0. The minimum Gasteiger partial charge on any atom is -0.394 e. The van der Waals surface area contributed by atoms with Crippen LogP contribution in [0, 0.1) is 0 Å². The van der Waals surface area contributed by atoms with E-state index < -0.39 is 18.6 Å². The van der Waals surface area contributed by atoms with Crippen molar-refractivity contribution in [3.05, 3.63) is 107 Å². The summed E-state index contributed by atoms with van der Waals surface area (Å²) in [6, 6.07) is 26.1. The Morgan fingerprint density at radius 2 is 1.53 bits per heavy atom. The summed E-state index contributed by atoms with van der Waals surface area (Å²) in [5.41, 5.74) is 4.96. The Balaban J connectivity index is 1.35. The molecule has 0 spiro atoms. The van der Waals surface area contributed by atoms with E-state index >= 15 is 0 Å². The van der Waals surface area contributed by atoms with Crippen molar-refractivity contribution >= 4 is 22.7 Å². The summed E-state index contributed by atoms with van der Waals surface area (Å²) in [6.07, 6.45) is 0.730. The van der Waals surface area contributed by atoms with Gasteiger partial charge in [-0.3, -0.25) is 9.59 Å². The lowest BCUT2D eigenvalue weighted by Crippen LogP contribution is -2.52. The number of aromatic amines is 1. The number of fused-ring (bicyclic) bond motifs is 3. The Kier molecular flexibility index (Phi) is 6.14. The van der Waals surface area contributed by atoms with Gasteiger partial charge in [0.15, 0.2) is 0 Å². The number of rotatable bonds is 6. The lowest BCUT2D eigenvalue weighted by atomic mass is 9.90. The van der Waals surface area contributed by atoms with Gasteiger partial charge in [0.2, 0.25) is 11.8 Å². The SMILES string of the molecule is O=C(NC(CO)C(=O)N1CCc2c([nH]c3ccccc23)C1)C(c1ccccc1)c1ccccc1. The number of nitrogens with one attached hydrogen (secondary N) is 2. The highest BCUT2D eigenvalue weighted by Crippen LogP contribution is 2.28. The monoisotopic (exact) mass is 453 g/mol. The van der Waals surface area contributed by atoms with Gasteiger partial charge >= 0.3 is 0 Å². The molecule has 0 saturated heterocycles. The number of hydrogen-bond donors (Lipinski definition) is 3. The van der Waals surface area contributed by atoms with E-state index in [1.807, 2.05) is 78.9 Å². The van der Waals surface area contributed by atoms with Crippen LogP contribution in [0.5, 0.6) is 0 Å². The number of amides is 2.